The van der Waals surface area contributed by atoms with E-state index in [1.807, 2.05) is 0 Å². The number of rotatable bonds is 2. The molecule has 1 saturated carbocycles. The molecule has 4 rings (SSSR count). The van der Waals surface area contributed by atoms with Crippen molar-refractivity contribution in [1.29, 1.82) is 0 Å². The second-order valence-corrected chi connectivity index (χ2v) is 5.41. The average molecular weight is 280 g/mol. The number of halogens is 1. The topological polar surface area (TPSA) is 37.4 Å². The molecule has 1 heterocycles. The van der Waals surface area contributed by atoms with Crippen LogP contribution in [-0.2, 0) is 9.59 Å². The van der Waals surface area contributed by atoms with Crippen LogP contribution in [0.25, 0.3) is 0 Å². The molecule has 2 amide bonds. The number of hydrogen-bond acceptors (Lipinski definition) is 2. The van der Waals surface area contributed by atoms with Crippen LogP contribution in [0.1, 0.15) is 17.9 Å². The molecule has 1 aromatic carbocycles. The molecule has 4 heteroatoms. The number of amides is 2. The monoisotopic (exact) mass is 280 g/mol. The van der Waals surface area contributed by atoms with Gasteiger partial charge in [0, 0.05) is 18.0 Å². The van der Waals surface area contributed by atoms with Crippen LogP contribution >= 0.6 is 0 Å². The molecule has 3 aliphatic rings. The average Bonchev–Trinajstić information content (AvgIpc) is 3.23. The van der Waals surface area contributed by atoms with Gasteiger partial charge in [-0.1, -0.05) is 12.1 Å². The summed E-state index contributed by atoms with van der Waals surface area (Å²) in [5.74, 6) is -0.663. The largest absolute Gasteiger partial charge is 0.319 e. The summed E-state index contributed by atoms with van der Waals surface area (Å²) in [6, 6.07) is 6.12. The summed E-state index contributed by atoms with van der Waals surface area (Å²) in [6.07, 6.45) is 8.40. The number of allylic oxidation sites excluding steroid dienone is 2. The van der Waals surface area contributed by atoms with Gasteiger partial charge in [-0.25, -0.2) is 4.39 Å². The minimum absolute atomic E-state index is 0.108. The Bertz CT molecular complexity index is 709. The Morgan fingerprint density at radius 2 is 1.81 bits per heavy atom. The highest BCUT2D eigenvalue weighted by Crippen LogP contribution is 2.47. The Labute approximate surface area is 121 Å². The van der Waals surface area contributed by atoms with Crippen molar-refractivity contribution in [3.63, 3.8) is 0 Å². The van der Waals surface area contributed by atoms with E-state index in [9.17, 15) is 14.0 Å². The molecule has 2 atom stereocenters. The molecule has 0 saturated heterocycles. The van der Waals surface area contributed by atoms with Gasteiger partial charge in [0.05, 0.1) is 6.08 Å². The summed E-state index contributed by atoms with van der Waals surface area (Å²) in [5.41, 5.74) is 1.83. The number of nitrogens with zero attached hydrogens (tertiary/aromatic N) is 1. The maximum absolute atomic E-state index is 12.9. The molecule has 1 fully saturated rings. The van der Waals surface area contributed by atoms with Crippen LogP contribution in [0.15, 0.2) is 53.6 Å². The Kier molecular flexibility index (Phi) is 2.44. The Morgan fingerprint density at radius 1 is 1.10 bits per heavy atom. The zero-order chi connectivity index (χ0) is 14.6. The first-order valence-corrected chi connectivity index (χ1v) is 6.80. The van der Waals surface area contributed by atoms with E-state index in [1.165, 1.54) is 17.0 Å². The van der Waals surface area contributed by atoms with E-state index in [4.69, 9.17) is 0 Å². The van der Waals surface area contributed by atoms with E-state index in [0.717, 1.165) is 12.0 Å². The molecule has 2 aliphatic carbocycles. The van der Waals surface area contributed by atoms with Crippen molar-refractivity contribution in [2.24, 2.45) is 0 Å². The van der Waals surface area contributed by atoms with Gasteiger partial charge in [0.2, 0.25) is 0 Å². The molecule has 1 aliphatic heterocycles. The molecule has 0 radical (unpaired) electrons. The van der Waals surface area contributed by atoms with Crippen LogP contribution < -0.4 is 0 Å². The van der Waals surface area contributed by atoms with E-state index in [0.29, 0.717) is 11.1 Å². The molecule has 0 N–H and O–H groups in total. The summed E-state index contributed by atoms with van der Waals surface area (Å²) in [7, 11) is 0. The van der Waals surface area contributed by atoms with Crippen molar-refractivity contribution in [2.75, 3.05) is 0 Å². The molecule has 3 nitrogen and oxygen atoms in total. The number of benzene rings is 1. The molecular formula is C17H11FNO2+. The predicted octanol–water partition coefficient (Wildman–Crippen LogP) is 2.28. The van der Waals surface area contributed by atoms with Gasteiger partial charge < -0.3 is 0 Å². The van der Waals surface area contributed by atoms with E-state index in [1.54, 1.807) is 30.4 Å². The first kappa shape index (κ1) is 12.2. The van der Waals surface area contributed by atoms with Gasteiger partial charge in [-0.15, -0.1) is 0 Å². The van der Waals surface area contributed by atoms with Gasteiger partial charge in [-0.3, -0.25) is 14.5 Å². The van der Waals surface area contributed by atoms with Crippen molar-refractivity contribution in [3.8, 4) is 0 Å². The van der Waals surface area contributed by atoms with Crippen molar-refractivity contribution in [2.45, 2.75) is 18.4 Å². The maximum atomic E-state index is 12.9. The Hall–Kier alpha value is -2.58. The van der Waals surface area contributed by atoms with Gasteiger partial charge >= 0.3 is 5.91 Å². The van der Waals surface area contributed by atoms with E-state index < -0.39 is 0 Å². The third-order valence-electron chi connectivity index (χ3n) is 4.15. The van der Waals surface area contributed by atoms with E-state index >= 15 is 0 Å². The maximum Gasteiger partial charge on any atom is 0.319 e. The van der Waals surface area contributed by atoms with Gasteiger partial charge in [0.15, 0.2) is 11.1 Å². The number of imide groups is 1. The lowest BCUT2D eigenvalue weighted by atomic mass is 10.1. The van der Waals surface area contributed by atoms with Gasteiger partial charge in [0.1, 0.15) is 18.0 Å². The van der Waals surface area contributed by atoms with Crippen LogP contribution in [-0.4, -0.2) is 22.8 Å². The molecule has 1 aromatic rings. The summed E-state index contributed by atoms with van der Waals surface area (Å²) >= 11 is 0. The van der Waals surface area contributed by atoms with E-state index in [-0.39, 0.29) is 29.6 Å². The Balaban J connectivity index is 1.59. The zero-order valence-corrected chi connectivity index (χ0v) is 11.0. The summed E-state index contributed by atoms with van der Waals surface area (Å²) in [5, 5.41) is 0. The summed E-state index contributed by atoms with van der Waals surface area (Å²) in [4.78, 5) is 26.0. The summed E-state index contributed by atoms with van der Waals surface area (Å²) in [6.45, 7) is 0. The highest BCUT2D eigenvalue weighted by Gasteiger charge is 2.54. The second kappa shape index (κ2) is 4.21. The lowest BCUT2D eigenvalue weighted by Gasteiger charge is -2.12. The quantitative estimate of drug-likeness (QED) is 0.615. The molecule has 0 spiro atoms. The third-order valence-corrected chi connectivity index (χ3v) is 4.15. The first-order valence-electron chi connectivity index (χ1n) is 6.80. The molecule has 21 heavy (non-hydrogen) atoms. The molecule has 0 unspecified atom stereocenters. The summed E-state index contributed by atoms with van der Waals surface area (Å²) < 4.78 is 12.9. The number of carbonyl (C=O) groups is 2. The van der Waals surface area contributed by atoms with Crippen LogP contribution in [0.2, 0.25) is 0 Å². The molecular weight excluding hydrogens is 269 g/mol. The minimum atomic E-state index is -0.285. The number of hydrogen-bond donors (Lipinski definition) is 0. The van der Waals surface area contributed by atoms with Crippen molar-refractivity contribution in [1.82, 2.24) is 4.90 Å². The first-order chi connectivity index (χ1) is 10.2. The second-order valence-electron chi connectivity index (χ2n) is 5.41. The molecule has 0 bridgehead atoms. The van der Waals surface area contributed by atoms with Crippen LogP contribution in [0.3, 0.4) is 0 Å². The van der Waals surface area contributed by atoms with Crippen molar-refractivity contribution >= 4 is 11.8 Å². The zero-order valence-electron chi connectivity index (χ0n) is 11.0. The molecule has 102 valence electrons. The lowest BCUT2D eigenvalue weighted by Crippen LogP contribution is -2.34. The van der Waals surface area contributed by atoms with E-state index in [2.05, 4.69) is 6.08 Å². The minimum Gasteiger partial charge on any atom is -0.266 e. The fourth-order valence-electron chi connectivity index (χ4n) is 2.98. The highest BCUT2D eigenvalue weighted by atomic mass is 19.1. The predicted molar refractivity (Wildman–Crippen MR) is 73.4 cm³/mol. The SMILES string of the molecule is O=C1C2=C(C=C[C+]=C2)C(=O)N1[C@H]1C[C@@H]1c1ccc(F)cc1. The third kappa shape index (κ3) is 1.77. The van der Waals surface area contributed by atoms with Gasteiger partial charge in [0.25, 0.3) is 5.91 Å². The van der Waals surface area contributed by atoms with Crippen molar-refractivity contribution < 1.29 is 14.0 Å². The Morgan fingerprint density at radius 3 is 2.52 bits per heavy atom. The van der Waals surface area contributed by atoms with Crippen LogP contribution in [0.5, 0.6) is 0 Å². The fraction of sp³-hybridized carbons (Fsp3) is 0.176. The standard InChI is InChI=1S/C17H11FNO2/c18-11-7-5-10(6-8-11)14-9-15(14)19-16(20)12-3-1-2-4-13(12)17(19)21/h1,3-8,14-15H,9H2/q+1/t14-,15+/m1/s1. The van der Waals surface area contributed by atoms with Crippen LogP contribution in [0.4, 0.5) is 4.39 Å². The smallest absolute Gasteiger partial charge is 0.266 e. The fourth-order valence-corrected chi connectivity index (χ4v) is 2.98. The normalized spacial score (nSPS) is 26.2. The number of carbonyl (C=O) groups excluding carboxylic acids is 2. The van der Waals surface area contributed by atoms with Crippen molar-refractivity contribution in [3.05, 3.63) is 71.1 Å². The lowest BCUT2D eigenvalue weighted by molar-refractivity contribution is -0.138. The highest BCUT2D eigenvalue weighted by molar-refractivity contribution is 6.22. The van der Waals surface area contributed by atoms with Gasteiger partial charge in [-0.05, 0) is 24.1 Å². The van der Waals surface area contributed by atoms with Gasteiger partial charge in [-0.2, -0.15) is 0 Å². The molecule has 0 aromatic heterocycles. The van der Waals surface area contributed by atoms with Crippen LogP contribution in [0, 0.1) is 11.9 Å².